The number of nitrogens with two attached hydrogens (primary N) is 2. The third-order valence-electron chi connectivity index (χ3n) is 5.18. The molecule has 0 spiro atoms. The highest BCUT2D eigenvalue weighted by Crippen LogP contribution is 2.40. The van der Waals surface area contributed by atoms with Gasteiger partial charge < -0.3 is 26.7 Å². The predicted molar refractivity (Wildman–Crippen MR) is 125 cm³/mol. The first kappa shape index (κ1) is 23.9. The lowest BCUT2D eigenvalue weighted by atomic mass is 10.0. The number of aliphatic carboxylic acids is 1. The minimum Gasteiger partial charge on any atom is -0.477 e. The van der Waals surface area contributed by atoms with Crippen molar-refractivity contribution in [2.24, 2.45) is 5.16 Å². The number of β-lactam (4-membered cyclic amide) rings is 1. The number of nitrogens with one attached hydrogen (secondary N) is 1. The number of nitrogen functional groups attached to an aromatic ring is 2. The Morgan fingerprint density at radius 2 is 2.20 bits per heavy atom. The molecule has 14 heteroatoms. The molecule has 2 amide bonds. The van der Waals surface area contributed by atoms with Crippen LogP contribution in [0.1, 0.15) is 12.7 Å². The van der Waals surface area contributed by atoms with Crippen molar-refractivity contribution >= 4 is 46.8 Å². The molecule has 1 fully saturated rings. The number of carboxylic acid groups (broad SMARTS) is 1. The fourth-order valence-electron chi connectivity index (χ4n) is 3.68. The lowest BCUT2D eigenvalue weighted by Gasteiger charge is -2.49. The van der Waals surface area contributed by atoms with Crippen LogP contribution < -0.4 is 21.4 Å². The summed E-state index contributed by atoms with van der Waals surface area (Å²) in [6.45, 7) is 2.13. The van der Waals surface area contributed by atoms with E-state index < -0.39 is 29.2 Å². The molecule has 182 valence electrons. The highest BCUT2D eigenvalue weighted by Gasteiger charge is 2.54. The van der Waals surface area contributed by atoms with Crippen LogP contribution in [0.3, 0.4) is 0 Å². The zero-order valence-electron chi connectivity index (χ0n) is 18.6. The molecular formula is C21H23N8O5S+. The molecule has 13 nitrogen and oxygen atoms in total. The summed E-state index contributed by atoms with van der Waals surface area (Å²) in [6.07, 6.45) is 4.81. The van der Waals surface area contributed by atoms with Gasteiger partial charge in [0.1, 0.15) is 29.5 Å². The van der Waals surface area contributed by atoms with Crippen molar-refractivity contribution in [3.05, 3.63) is 53.9 Å². The Labute approximate surface area is 203 Å². The summed E-state index contributed by atoms with van der Waals surface area (Å²) in [5, 5.41) is 15.7. The maximum atomic E-state index is 13.0. The number of carbonyl (C=O) groups is 3. The Bertz CT molecular complexity index is 1250. The van der Waals surface area contributed by atoms with E-state index in [1.165, 1.54) is 28.9 Å². The van der Waals surface area contributed by atoms with Gasteiger partial charge in [-0.1, -0.05) is 5.16 Å². The largest absolute Gasteiger partial charge is 0.477 e. The topological polar surface area (TPSA) is 190 Å². The molecule has 2 aliphatic rings. The normalized spacial score (nSPS) is 19.6. The molecule has 1 unspecified atom stereocenters. The standard InChI is InChI=1S/C21H22N8O5S/c1-2-34-27-14(17-24-6-5-13(23)25-17)18(30)26-15-19(31)29-16(21(32)33)11(10-35-20(15)29)8-28-7-3-4-12(22)9-28/h3-7,9,15,20H,2,8,10,22H2,1H3,(H3-,23,24,25,26,30,32,33)/p+1/t15?,20-/m1/s1. The molecule has 0 aliphatic carbocycles. The van der Waals surface area contributed by atoms with E-state index in [9.17, 15) is 19.5 Å². The average Bonchev–Trinajstić information content (AvgIpc) is 2.82. The van der Waals surface area contributed by atoms with E-state index in [1.54, 1.807) is 36.0 Å². The quantitative estimate of drug-likeness (QED) is 0.153. The predicted octanol–water partition coefficient (Wildman–Crippen LogP) is -0.892. The molecule has 35 heavy (non-hydrogen) atoms. The van der Waals surface area contributed by atoms with E-state index >= 15 is 0 Å². The summed E-state index contributed by atoms with van der Waals surface area (Å²) in [4.78, 5) is 52.2. The molecule has 0 saturated carbocycles. The molecule has 1 saturated heterocycles. The van der Waals surface area contributed by atoms with Crippen molar-refractivity contribution in [2.75, 3.05) is 23.8 Å². The molecular weight excluding hydrogens is 476 g/mol. The average molecular weight is 500 g/mol. The summed E-state index contributed by atoms with van der Waals surface area (Å²) < 4.78 is 1.75. The van der Waals surface area contributed by atoms with Crippen LogP contribution in [0.5, 0.6) is 0 Å². The number of rotatable bonds is 8. The maximum absolute atomic E-state index is 13.0. The minimum absolute atomic E-state index is 0.0663. The van der Waals surface area contributed by atoms with Gasteiger partial charge in [0.25, 0.3) is 11.8 Å². The molecule has 0 aromatic carbocycles. The van der Waals surface area contributed by atoms with Crippen LogP contribution >= 0.6 is 11.8 Å². The first-order valence-electron chi connectivity index (χ1n) is 10.5. The zero-order chi connectivity index (χ0) is 25.1. The number of nitrogens with zero attached hydrogens (tertiary/aromatic N) is 5. The first-order chi connectivity index (χ1) is 16.8. The fraction of sp³-hybridized carbons (Fsp3) is 0.286. The van der Waals surface area contributed by atoms with Gasteiger partial charge in [0.2, 0.25) is 5.71 Å². The first-order valence-corrected chi connectivity index (χ1v) is 11.6. The second-order valence-electron chi connectivity index (χ2n) is 7.59. The Balaban J connectivity index is 1.54. The summed E-state index contributed by atoms with van der Waals surface area (Å²) in [5.41, 5.74) is 12.2. The number of pyridine rings is 1. The van der Waals surface area contributed by atoms with Gasteiger partial charge in [-0.25, -0.2) is 14.8 Å². The highest BCUT2D eigenvalue weighted by molar-refractivity contribution is 8.00. The smallest absolute Gasteiger partial charge is 0.352 e. The molecule has 2 atom stereocenters. The maximum Gasteiger partial charge on any atom is 0.352 e. The van der Waals surface area contributed by atoms with Gasteiger partial charge >= 0.3 is 5.97 Å². The number of carbonyl (C=O) groups excluding carboxylic acids is 2. The zero-order valence-corrected chi connectivity index (χ0v) is 19.4. The number of aromatic nitrogens is 3. The molecule has 0 bridgehead atoms. The third kappa shape index (κ3) is 4.87. The number of carboxylic acids is 1. The number of anilines is 2. The number of hydrogen-bond acceptors (Lipinski definition) is 10. The number of hydrogen-bond donors (Lipinski definition) is 4. The van der Waals surface area contributed by atoms with Crippen LogP contribution in [0.15, 0.2) is 53.2 Å². The number of fused-ring (bicyclic) bond motifs is 1. The Kier molecular flexibility index (Phi) is 6.82. The molecule has 6 N–H and O–H groups in total. The molecule has 0 radical (unpaired) electrons. The molecule has 2 aliphatic heterocycles. The van der Waals surface area contributed by atoms with Crippen LogP contribution in [0.25, 0.3) is 0 Å². The van der Waals surface area contributed by atoms with Gasteiger partial charge in [-0.3, -0.25) is 14.5 Å². The monoisotopic (exact) mass is 499 g/mol. The van der Waals surface area contributed by atoms with Gasteiger partial charge in [-0.15, -0.1) is 11.8 Å². The van der Waals surface area contributed by atoms with E-state index in [2.05, 4.69) is 20.4 Å². The summed E-state index contributed by atoms with van der Waals surface area (Å²) in [7, 11) is 0. The molecule has 4 heterocycles. The highest BCUT2D eigenvalue weighted by atomic mass is 32.2. The Hall–Kier alpha value is -4.20. The SMILES string of the molecule is CCON=C(C(=O)NC1C(=O)N2C(C(=O)O)=C(C[n+]3cccc(N)c3)CS[C@H]12)c1nccc(N)n1. The van der Waals surface area contributed by atoms with E-state index in [1.807, 2.05) is 0 Å². The van der Waals surface area contributed by atoms with Crippen LogP contribution in [0.2, 0.25) is 0 Å². The van der Waals surface area contributed by atoms with E-state index in [4.69, 9.17) is 16.3 Å². The van der Waals surface area contributed by atoms with Crippen LogP contribution in [0, 0.1) is 0 Å². The van der Waals surface area contributed by atoms with Crippen LogP contribution in [-0.2, 0) is 25.8 Å². The van der Waals surface area contributed by atoms with Crippen LogP contribution in [0.4, 0.5) is 11.5 Å². The third-order valence-corrected chi connectivity index (χ3v) is 6.52. The van der Waals surface area contributed by atoms with Gasteiger partial charge in [0.15, 0.2) is 24.8 Å². The lowest BCUT2D eigenvalue weighted by molar-refractivity contribution is -0.688. The number of oxime groups is 1. The lowest BCUT2D eigenvalue weighted by Crippen LogP contribution is -2.71. The molecule has 2 aromatic rings. The van der Waals surface area contributed by atoms with Gasteiger partial charge in [0.05, 0.1) is 5.69 Å². The van der Waals surface area contributed by atoms with Crippen molar-refractivity contribution in [1.82, 2.24) is 20.2 Å². The Morgan fingerprint density at radius 1 is 1.40 bits per heavy atom. The van der Waals surface area contributed by atoms with E-state index in [-0.39, 0.29) is 36.2 Å². The van der Waals surface area contributed by atoms with Gasteiger partial charge in [-0.2, -0.15) is 4.57 Å². The van der Waals surface area contributed by atoms with Crippen molar-refractivity contribution in [2.45, 2.75) is 24.9 Å². The molecule has 4 rings (SSSR count). The Morgan fingerprint density at radius 3 is 2.89 bits per heavy atom. The number of thioether (sulfide) groups is 1. The van der Waals surface area contributed by atoms with Crippen molar-refractivity contribution in [3.63, 3.8) is 0 Å². The number of amides is 2. The van der Waals surface area contributed by atoms with Crippen LogP contribution in [-0.4, -0.2) is 67.2 Å². The van der Waals surface area contributed by atoms with E-state index in [0.717, 1.165) is 0 Å². The second kappa shape index (κ2) is 9.97. The van der Waals surface area contributed by atoms with Crippen molar-refractivity contribution < 1.29 is 28.9 Å². The summed E-state index contributed by atoms with van der Waals surface area (Å²) >= 11 is 1.35. The fourth-order valence-corrected chi connectivity index (χ4v) is 5.01. The van der Waals surface area contributed by atoms with Crippen molar-refractivity contribution in [1.29, 1.82) is 0 Å². The second-order valence-corrected chi connectivity index (χ2v) is 8.70. The van der Waals surface area contributed by atoms with E-state index in [0.29, 0.717) is 17.0 Å². The van der Waals surface area contributed by atoms with Crippen molar-refractivity contribution in [3.8, 4) is 0 Å². The minimum atomic E-state index is -1.22. The summed E-state index contributed by atoms with van der Waals surface area (Å²) in [5.74, 6) is -2.11. The molecule has 2 aromatic heterocycles. The van der Waals surface area contributed by atoms with Gasteiger partial charge in [0, 0.05) is 23.6 Å². The summed E-state index contributed by atoms with van der Waals surface area (Å²) in [6, 6.07) is 3.96. The van der Waals surface area contributed by atoms with Gasteiger partial charge in [-0.05, 0) is 19.1 Å².